The molecular formula is C13H20ClN. The van der Waals surface area contributed by atoms with E-state index in [2.05, 4.69) is 36.1 Å². The Morgan fingerprint density at radius 3 is 2.13 bits per heavy atom. The van der Waals surface area contributed by atoms with E-state index in [1.165, 1.54) is 43.6 Å². The minimum absolute atomic E-state index is 0. The molecule has 0 unspecified atom stereocenters. The van der Waals surface area contributed by atoms with Crippen LogP contribution in [0, 0.1) is 0 Å². The topological polar surface area (TPSA) is 3.24 Å². The number of halogens is 1. The lowest BCUT2D eigenvalue weighted by atomic mass is 10.1. The van der Waals surface area contributed by atoms with E-state index in [0.29, 0.717) is 0 Å². The molecule has 0 aliphatic carbocycles. The van der Waals surface area contributed by atoms with Crippen LogP contribution >= 0.6 is 12.4 Å². The highest BCUT2D eigenvalue weighted by Crippen LogP contribution is 2.20. The van der Waals surface area contributed by atoms with Crippen molar-refractivity contribution in [1.29, 1.82) is 0 Å². The van der Waals surface area contributed by atoms with Crippen molar-refractivity contribution < 1.29 is 0 Å². The van der Waals surface area contributed by atoms with Crippen molar-refractivity contribution in [2.75, 3.05) is 18.0 Å². The average molecular weight is 226 g/mol. The molecule has 2 heteroatoms. The fraction of sp³-hybridized carbons (Fsp3) is 0.538. The quantitative estimate of drug-likeness (QED) is 0.743. The third-order valence-electron chi connectivity index (χ3n) is 3.07. The Bertz CT molecular complexity index is 275. The summed E-state index contributed by atoms with van der Waals surface area (Å²) in [6.07, 6.45) is 5.26. The van der Waals surface area contributed by atoms with Gasteiger partial charge in [-0.25, -0.2) is 0 Å². The van der Waals surface area contributed by atoms with Gasteiger partial charge in [-0.05, 0) is 43.4 Å². The second-order valence-corrected chi connectivity index (χ2v) is 4.07. The van der Waals surface area contributed by atoms with Crippen LogP contribution in [0.1, 0.15) is 31.7 Å². The van der Waals surface area contributed by atoms with Crippen LogP contribution in [-0.4, -0.2) is 13.1 Å². The summed E-state index contributed by atoms with van der Waals surface area (Å²) in [5.74, 6) is 0. The average Bonchev–Trinajstić information content (AvgIpc) is 2.30. The van der Waals surface area contributed by atoms with Gasteiger partial charge in [0.25, 0.3) is 0 Å². The minimum atomic E-state index is 0. The lowest BCUT2D eigenvalue weighted by Crippen LogP contribution is -2.29. The van der Waals surface area contributed by atoms with E-state index in [4.69, 9.17) is 0 Å². The van der Waals surface area contributed by atoms with Crippen molar-refractivity contribution in [1.82, 2.24) is 0 Å². The van der Waals surface area contributed by atoms with Crippen LogP contribution in [0.3, 0.4) is 0 Å². The van der Waals surface area contributed by atoms with E-state index in [9.17, 15) is 0 Å². The smallest absolute Gasteiger partial charge is 0.0366 e. The summed E-state index contributed by atoms with van der Waals surface area (Å²) in [4.78, 5) is 2.50. The fourth-order valence-corrected chi connectivity index (χ4v) is 2.09. The zero-order valence-electron chi connectivity index (χ0n) is 9.41. The predicted octanol–water partition coefficient (Wildman–Crippen LogP) is 3.66. The second-order valence-electron chi connectivity index (χ2n) is 4.07. The molecule has 0 aromatic heterocycles. The Morgan fingerprint density at radius 1 is 1.00 bits per heavy atom. The number of nitrogens with zero attached hydrogens (tertiary/aromatic N) is 1. The van der Waals surface area contributed by atoms with Crippen LogP contribution in [0.15, 0.2) is 24.3 Å². The Labute approximate surface area is 98.9 Å². The third kappa shape index (κ3) is 3.13. The van der Waals surface area contributed by atoms with Crippen molar-refractivity contribution in [3.05, 3.63) is 29.8 Å². The number of aryl methyl sites for hydroxylation is 1. The van der Waals surface area contributed by atoms with E-state index >= 15 is 0 Å². The Hall–Kier alpha value is -0.690. The van der Waals surface area contributed by atoms with Gasteiger partial charge in [0.1, 0.15) is 0 Å². The van der Waals surface area contributed by atoms with Crippen LogP contribution < -0.4 is 4.90 Å². The Balaban J connectivity index is 0.00000112. The summed E-state index contributed by atoms with van der Waals surface area (Å²) < 4.78 is 0. The Morgan fingerprint density at radius 2 is 1.60 bits per heavy atom. The summed E-state index contributed by atoms with van der Waals surface area (Å²) >= 11 is 0. The first-order valence-corrected chi connectivity index (χ1v) is 5.74. The SMILES string of the molecule is CCc1ccc(N2CCCCC2)cc1.Cl. The van der Waals surface area contributed by atoms with Crippen LogP contribution in [0.5, 0.6) is 0 Å². The molecule has 0 radical (unpaired) electrons. The largest absolute Gasteiger partial charge is 0.372 e. The first-order valence-electron chi connectivity index (χ1n) is 5.74. The van der Waals surface area contributed by atoms with Crippen molar-refractivity contribution in [2.45, 2.75) is 32.6 Å². The highest BCUT2D eigenvalue weighted by Gasteiger charge is 2.09. The van der Waals surface area contributed by atoms with Crippen molar-refractivity contribution in [3.63, 3.8) is 0 Å². The van der Waals surface area contributed by atoms with Gasteiger partial charge in [0, 0.05) is 18.8 Å². The predicted molar refractivity (Wildman–Crippen MR) is 69.1 cm³/mol. The molecule has 15 heavy (non-hydrogen) atoms. The molecule has 1 fully saturated rings. The van der Waals surface area contributed by atoms with Gasteiger partial charge < -0.3 is 4.90 Å². The monoisotopic (exact) mass is 225 g/mol. The van der Waals surface area contributed by atoms with Crippen molar-refractivity contribution >= 4 is 18.1 Å². The molecule has 0 saturated carbocycles. The van der Waals surface area contributed by atoms with E-state index in [1.54, 1.807) is 0 Å². The lowest BCUT2D eigenvalue weighted by Gasteiger charge is -2.28. The molecule has 1 heterocycles. The van der Waals surface area contributed by atoms with E-state index in [-0.39, 0.29) is 12.4 Å². The number of hydrogen-bond donors (Lipinski definition) is 0. The summed E-state index contributed by atoms with van der Waals surface area (Å²) in [6, 6.07) is 9.04. The van der Waals surface area contributed by atoms with E-state index < -0.39 is 0 Å². The molecular weight excluding hydrogens is 206 g/mol. The van der Waals surface area contributed by atoms with Gasteiger partial charge in [-0.1, -0.05) is 19.1 Å². The summed E-state index contributed by atoms with van der Waals surface area (Å²) in [5.41, 5.74) is 2.84. The Kier molecular flexibility index (Phi) is 4.97. The molecule has 1 nitrogen and oxygen atoms in total. The number of benzene rings is 1. The standard InChI is InChI=1S/C13H19N.ClH/c1-2-12-6-8-13(9-7-12)14-10-4-3-5-11-14;/h6-9H,2-5,10-11H2,1H3;1H. The number of rotatable bonds is 2. The molecule has 0 N–H and O–H groups in total. The van der Waals surface area contributed by atoms with Crippen LogP contribution in [0.25, 0.3) is 0 Å². The number of piperidine rings is 1. The molecule has 1 saturated heterocycles. The summed E-state index contributed by atoms with van der Waals surface area (Å²) in [7, 11) is 0. The number of anilines is 1. The van der Waals surface area contributed by atoms with Crippen molar-refractivity contribution in [2.24, 2.45) is 0 Å². The minimum Gasteiger partial charge on any atom is -0.372 e. The summed E-state index contributed by atoms with van der Waals surface area (Å²) in [5, 5.41) is 0. The molecule has 1 aromatic rings. The van der Waals surface area contributed by atoms with Crippen LogP contribution in [0.2, 0.25) is 0 Å². The van der Waals surface area contributed by atoms with Gasteiger partial charge >= 0.3 is 0 Å². The summed E-state index contributed by atoms with van der Waals surface area (Å²) in [6.45, 7) is 4.69. The van der Waals surface area contributed by atoms with Crippen LogP contribution in [0.4, 0.5) is 5.69 Å². The molecule has 1 aliphatic heterocycles. The van der Waals surface area contributed by atoms with Crippen molar-refractivity contribution in [3.8, 4) is 0 Å². The fourth-order valence-electron chi connectivity index (χ4n) is 2.09. The van der Waals surface area contributed by atoms with Gasteiger partial charge in [-0.3, -0.25) is 0 Å². The van der Waals surface area contributed by atoms with Gasteiger partial charge in [-0.2, -0.15) is 0 Å². The van der Waals surface area contributed by atoms with Gasteiger partial charge in [0.15, 0.2) is 0 Å². The van der Waals surface area contributed by atoms with E-state index in [1.807, 2.05) is 0 Å². The molecule has 84 valence electrons. The van der Waals surface area contributed by atoms with Gasteiger partial charge in [0.05, 0.1) is 0 Å². The molecule has 0 atom stereocenters. The molecule has 0 bridgehead atoms. The molecule has 0 spiro atoms. The second kappa shape index (κ2) is 6.02. The maximum absolute atomic E-state index is 2.50. The zero-order valence-corrected chi connectivity index (χ0v) is 10.2. The molecule has 0 amide bonds. The zero-order chi connectivity index (χ0) is 9.80. The van der Waals surface area contributed by atoms with Gasteiger partial charge in [0.2, 0.25) is 0 Å². The normalized spacial score (nSPS) is 15.9. The first kappa shape index (κ1) is 12.4. The maximum Gasteiger partial charge on any atom is 0.0366 e. The highest BCUT2D eigenvalue weighted by molar-refractivity contribution is 5.85. The van der Waals surface area contributed by atoms with Gasteiger partial charge in [-0.15, -0.1) is 12.4 Å². The third-order valence-corrected chi connectivity index (χ3v) is 3.07. The van der Waals surface area contributed by atoms with E-state index in [0.717, 1.165) is 6.42 Å². The first-order chi connectivity index (χ1) is 6.90. The molecule has 1 aliphatic rings. The number of hydrogen-bond acceptors (Lipinski definition) is 1. The van der Waals surface area contributed by atoms with Crippen LogP contribution in [-0.2, 0) is 6.42 Å². The highest BCUT2D eigenvalue weighted by atomic mass is 35.5. The molecule has 1 aromatic carbocycles. The maximum atomic E-state index is 2.50. The lowest BCUT2D eigenvalue weighted by molar-refractivity contribution is 0.578. The molecule has 2 rings (SSSR count).